The van der Waals surface area contributed by atoms with E-state index in [-0.39, 0.29) is 27.5 Å². The lowest BCUT2D eigenvalue weighted by Gasteiger charge is -2.22. The molecule has 0 saturated carbocycles. The van der Waals surface area contributed by atoms with Gasteiger partial charge in [0.15, 0.2) is 6.04 Å². The van der Waals surface area contributed by atoms with E-state index < -0.39 is 61.7 Å². The van der Waals surface area contributed by atoms with E-state index in [4.69, 9.17) is 5.11 Å². The zero-order valence-electron chi connectivity index (χ0n) is 16.4. The number of benzene rings is 1. The molecule has 1 rings (SSSR count). The van der Waals surface area contributed by atoms with Crippen LogP contribution in [0.4, 0.5) is 5.69 Å². The van der Waals surface area contributed by atoms with Gasteiger partial charge in [0.1, 0.15) is 6.10 Å². The SMILES string of the molecule is CC(O)C(=O)Nc1c(I)c(C(=O)NC(CO)CO)c(I)c(C(=O)NC(CO)C(=O)O)c1I. The number of aliphatic hydroxyl groups is 4. The van der Waals surface area contributed by atoms with Crippen molar-refractivity contribution in [2.24, 2.45) is 0 Å². The second-order valence-corrected chi connectivity index (χ2v) is 9.55. The largest absolute Gasteiger partial charge is 0.480 e. The Morgan fingerprint density at radius 2 is 1.31 bits per heavy atom. The lowest BCUT2D eigenvalue weighted by Crippen LogP contribution is -2.44. The molecule has 3 amide bonds. The second-order valence-electron chi connectivity index (χ2n) is 6.31. The van der Waals surface area contributed by atoms with Gasteiger partial charge < -0.3 is 41.5 Å². The van der Waals surface area contributed by atoms with Crippen molar-refractivity contribution in [3.63, 3.8) is 0 Å². The van der Waals surface area contributed by atoms with Crippen LogP contribution in [0.15, 0.2) is 0 Å². The smallest absolute Gasteiger partial charge is 0.328 e. The van der Waals surface area contributed by atoms with Crippen molar-refractivity contribution in [3.05, 3.63) is 21.8 Å². The van der Waals surface area contributed by atoms with Crippen LogP contribution in [0, 0.1) is 10.7 Å². The fourth-order valence-electron chi connectivity index (χ4n) is 2.22. The summed E-state index contributed by atoms with van der Waals surface area (Å²) in [6, 6.07) is -2.61. The molecule has 32 heavy (non-hydrogen) atoms. The number of aliphatic hydroxyl groups excluding tert-OH is 4. The molecule has 0 aromatic heterocycles. The molecule has 0 saturated heterocycles. The predicted octanol–water partition coefficient (Wildman–Crippen LogP) is -0.922. The van der Waals surface area contributed by atoms with Crippen LogP contribution < -0.4 is 16.0 Å². The van der Waals surface area contributed by atoms with Gasteiger partial charge in [-0.1, -0.05) is 0 Å². The summed E-state index contributed by atoms with van der Waals surface area (Å²) in [4.78, 5) is 49.1. The van der Waals surface area contributed by atoms with Gasteiger partial charge in [-0.25, -0.2) is 4.79 Å². The normalized spacial score (nSPS) is 12.8. The summed E-state index contributed by atoms with van der Waals surface area (Å²) in [6.45, 7) is -0.786. The van der Waals surface area contributed by atoms with E-state index in [1.54, 1.807) is 67.8 Å². The Labute approximate surface area is 222 Å². The van der Waals surface area contributed by atoms with Crippen LogP contribution in [0.5, 0.6) is 0 Å². The number of amides is 3. The molecule has 2 unspecified atom stereocenters. The fourth-order valence-corrected chi connectivity index (χ4v) is 6.64. The molecule has 8 N–H and O–H groups in total. The second kappa shape index (κ2) is 13.1. The first-order chi connectivity index (χ1) is 14.9. The molecule has 0 fully saturated rings. The van der Waals surface area contributed by atoms with E-state index in [1.807, 2.05) is 0 Å². The summed E-state index contributed by atoms with van der Waals surface area (Å²) in [5.74, 6) is -4.01. The molecule has 12 nitrogen and oxygen atoms in total. The van der Waals surface area contributed by atoms with Crippen molar-refractivity contribution < 1.29 is 44.7 Å². The number of halogens is 3. The van der Waals surface area contributed by atoms with Gasteiger partial charge in [-0.05, 0) is 74.7 Å². The van der Waals surface area contributed by atoms with Crippen molar-refractivity contribution in [2.45, 2.75) is 25.1 Å². The minimum atomic E-state index is -1.62. The Morgan fingerprint density at radius 1 is 0.844 bits per heavy atom. The van der Waals surface area contributed by atoms with Gasteiger partial charge in [-0.3, -0.25) is 14.4 Å². The number of nitrogens with one attached hydrogen (secondary N) is 3. The number of aliphatic carboxylic acids is 1. The van der Waals surface area contributed by atoms with Gasteiger partial charge in [-0.2, -0.15) is 0 Å². The van der Waals surface area contributed by atoms with Crippen LogP contribution >= 0.6 is 67.8 Å². The number of carbonyl (C=O) groups excluding carboxylic acids is 3. The summed E-state index contributed by atoms with van der Waals surface area (Å²) >= 11 is 5.20. The van der Waals surface area contributed by atoms with Crippen molar-refractivity contribution in [1.82, 2.24) is 10.6 Å². The molecule has 15 heteroatoms. The summed E-state index contributed by atoms with van der Waals surface area (Å²) < 4.78 is 0.451. The standard InChI is InChI=1S/C17H20I3N3O9/c1-5(27)14(28)23-13-11(19)8(15(29)21-6(2-24)3-25)10(18)9(12(13)20)16(30)22-7(4-26)17(31)32/h5-7,24-27H,2-4H2,1H3,(H,21,29)(H,22,30)(H,23,28)(H,31,32). The first-order valence-electron chi connectivity index (χ1n) is 8.77. The number of anilines is 1. The molecular weight excluding hydrogens is 771 g/mol. The maximum absolute atomic E-state index is 12.9. The number of hydrogen-bond acceptors (Lipinski definition) is 8. The molecule has 0 aliphatic carbocycles. The minimum absolute atomic E-state index is 0.0215. The average Bonchev–Trinajstić information content (AvgIpc) is 2.72. The summed E-state index contributed by atoms with van der Waals surface area (Å²) in [7, 11) is 0. The van der Waals surface area contributed by atoms with E-state index in [0.717, 1.165) is 0 Å². The van der Waals surface area contributed by atoms with E-state index in [9.17, 15) is 39.6 Å². The Balaban J connectivity index is 3.70. The fraction of sp³-hybridized carbons (Fsp3) is 0.412. The molecule has 1 aromatic carbocycles. The lowest BCUT2D eigenvalue weighted by atomic mass is 10.1. The summed E-state index contributed by atoms with van der Waals surface area (Å²) in [5.41, 5.74) is -0.212. The molecule has 178 valence electrons. The van der Waals surface area contributed by atoms with Crippen LogP contribution in [0.3, 0.4) is 0 Å². The number of carboxylic acids is 1. The highest BCUT2D eigenvalue weighted by Crippen LogP contribution is 2.36. The molecular formula is C17H20I3N3O9. The molecule has 1 aromatic rings. The monoisotopic (exact) mass is 791 g/mol. The number of rotatable bonds is 10. The van der Waals surface area contributed by atoms with Crippen LogP contribution in [-0.2, 0) is 9.59 Å². The van der Waals surface area contributed by atoms with Crippen LogP contribution in [0.1, 0.15) is 27.6 Å². The molecule has 2 atom stereocenters. The van der Waals surface area contributed by atoms with Gasteiger partial charge in [0.05, 0.1) is 49.8 Å². The zero-order valence-corrected chi connectivity index (χ0v) is 22.8. The third-order valence-corrected chi connectivity index (χ3v) is 7.20. The molecule has 0 heterocycles. The van der Waals surface area contributed by atoms with Crippen LogP contribution in [-0.4, -0.2) is 87.2 Å². The van der Waals surface area contributed by atoms with Gasteiger partial charge in [0.2, 0.25) is 0 Å². The van der Waals surface area contributed by atoms with Gasteiger partial charge in [-0.15, -0.1) is 0 Å². The highest BCUT2D eigenvalue weighted by atomic mass is 127. The van der Waals surface area contributed by atoms with E-state index in [2.05, 4.69) is 16.0 Å². The zero-order chi connectivity index (χ0) is 24.7. The molecule has 0 spiro atoms. The molecule has 0 aliphatic heterocycles. The maximum atomic E-state index is 12.9. The lowest BCUT2D eigenvalue weighted by molar-refractivity contribution is -0.140. The van der Waals surface area contributed by atoms with Gasteiger partial charge >= 0.3 is 5.97 Å². The first kappa shape index (κ1) is 29.2. The van der Waals surface area contributed by atoms with Gasteiger partial charge in [0.25, 0.3) is 17.7 Å². The van der Waals surface area contributed by atoms with Crippen molar-refractivity contribution in [3.8, 4) is 0 Å². The predicted molar refractivity (Wildman–Crippen MR) is 136 cm³/mol. The number of hydrogen-bond donors (Lipinski definition) is 8. The molecule has 0 aliphatic rings. The molecule has 0 bridgehead atoms. The summed E-state index contributed by atoms with van der Waals surface area (Å²) in [6.07, 6.45) is -1.41. The van der Waals surface area contributed by atoms with Crippen LogP contribution in [0.2, 0.25) is 0 Å². The highest BCUT2D eigenvalue weighted by molar-refractivity contribution is 14.1. The van der Waals surface area contributed by atoms with Gasteiger partial charge in [0, 0.05) is 3.57 Å². The Kier molecular flexibility index (Phi) is 12.0. The maximum Gasteiger partial charge on any atom is 0.328 e. The Morgan fingerprint density at radius 3 is 1.69 bits per heavy atom. The van der Waals surface area contributed by atoms with Crippen molar-refractivity contribution >= 4 is 97.2 Å². The third-order valence-electron chi connectivity index (χ3n) is 3.96. The Bertz CT molecular complexity index is 907. The van der Waals surface area contributed by atoms with E-state index >= 15 is 0 Å². The number of carboxylic acid groups (broad SMARTS) is 1. The topological polar surface area (TPSA) is 206 Å². The number of carbonyl (C=O) groups is 4. The minimum Gasteiger partial charge on any atom is -0.480 e. The van der Waals surface area contributed by atoms with Crippen molar-refractivity contribution in [1.29, 1.82) is 0 Å². The average molecular weight is 791 g/mol. The van der Waals surface area contributed by atoms with E-state index in [1.165, 1.54) is 6.92 Å². The van der Waals surface area contributed by atoms with Crippen molar-refractivity contribution in [2.75, 3.05) is 25.1 Å². The van der Waals surface area contributed by atoms with E-state index in [0.29, 0.717) is 0 Å². The summed E-state index contributed by atoms with van der Waals surface area (Å²) in [5, 5.41) is 53.3. The third kappa shape index (κ3) is 7.06. The Hall–Kier alpha value is -0.870. The first-order valence-corrected chi connectivity index (χ1v) is 12.0. The highest BCUT2D eigenvalue weighted by Gasteiger charge is 2.31. The molecule has 0 radical (unpaired) electrons. The quantitative estimate of drug-likeness (QED) is 0.138. The van der Waals surface area contributed by atoms with Crippen LogP contribution in [0.25, 0.3) is 0 Å².